The Morgan fingerprint density at radius 1 is 1.44 bits per heavy atom. The third kappa shape index (κ3) is 3.65. The molecule has 2 atom stereocenters. The predicted molar refractivity (Wildman–Crippen MR) is 74.3 cm³/mol. The number of ether oxygens (including phenoxy) is 1. The Morgan fingerprint density at radius 3 is 2.56 bits per heavy atom. The number of nitrogens with two attached hydrogens (primary N) is 1. The third-order valence-electron chi connectivity index (χ3n) is 2.82. The maximum atomic E-state index is 6.19. The van der Waals surface area contributed by atoms with Crippen LogP contribution in [0.3, 0.4) is 0 Å². The fourth-order valence-corrected chi connectivity index (χ4v) is 1.98. The number of benzene rings is 1. The summed E-state index contributed by atoms with van der Waals surface area (Å²) >= 11 is 3.52. The minimum atomic E-state index is 0. The summed E-state index contributed by atoms with van der Waals surface area (Å²) in [4.78, 5) is 0. The van der Waals surface area contributed by atoms with Crippen molar-refractivity contribution >= 4 is 28.3 Å². The second-order valence-electron chi connectivity index (χ2n) is 3.80. The number of hydrogen-bond donors (Lipinski definition) is 1. The van der Waals surface area contributed by atoms with E-state index >= 15 is 0 Å². The minimum absolute atomic E-state index is 0. The summed E-state index contributed by atoms with van der Waals surface area (Å²) in [6, 6.07) is 5.97. The van der Waals surface area contributed by atoms with E-state index in [-0.39, 0.29) is 18.4 Å². The van der Waals surface area contributed by atoms with Crippen molar-refractivity contribution < 1.29 is 4.74 Å². The Kier molecular flexibility index (Phi) is 7.04. The van der Waals surface area contributed by atoms with Crippen molar-refractivity contribution in [3.63, 3.8) is 0 Å². The van der Waals surface area contributed by atoms with Crippen LogP contribution in [0.25, 0.3) is 0 Å². The Bertz CT molecular complexity index is 333. The monoisotopic (exact) mass is 307 g/mol. The van der Waals surface area contributed by atoms with Gasteiger partial charge < -0.3 is 10.5 Å². The molecule has 0 saturated heterocycles. The summed E-state index contributed by atoms with van der Waals surface area (Å²) in [6.07, 6.45) is 1.07. The summed E-state index contributed by atoms with van der Waals surface area (Å²) in [5.41, 5.74) is 7.30. The molecule has 0 aliphatic carbocycles. The van der Waals surface area contributed by atoms with Crippen molar-refractivity contribution in [3.8, 4) is 5.75 Å². The zero-order chi connectivity index (χ0) is 11.4. The van der Waals surface area contributed by atoms with E-state index in [0.717, 1.165) is 22.2 Å². The molecule has 1 aromatic rings. The van der Waals surface area contributed by atoms with Crippen molar-refractivity contribution in [1.29, 1.82) is 0 Å². The largest absolute Gasteiger partial charge is 0.497 e. The fourth-order valence-electron chi connectivity index (χ4n) is 1.46. The van der Waals surface area contributed by atoms with E-state index in [0.29, 0.717) is 5.92 Å². The van der Waals surface area contributed by atoms with Gasteiger partial charge in [-0.25, -0.2) is 0 Å². The molecule has 4 heteroatoms. The highest BCUT2D eigenvalue weighted by molar-refractivity contribution is 9.10. The highest BCUT2D eigenvalue weighted by atomic mass is 79.9. The number of methoxy groups -OCH3 is 1. The second kappa shape index (κ2) is 7.15. The lowest BCUT2D eigenvalue weighted by molar-refractivity contribution is 0.410. The van der Waals surface area contributed by atoms with Crippen LogP contribution in [0.1, 0.15) is 31.9 Å². The number of hydrogen-bond acceptors (Lipinski definition) is 2. The molecule has 0 bridgehead atoms. The van der Waals surface area contributed by atoms with Crippen LogP contribution >= 0.6 is 28.3 Å². The van der Waals surface area contributed by atoms with Crippen molar-refractivity contribution in [2.24, 2.45) is 11.7 Å². The van der Waals surface area contributed by atoms with Crippen LogP contribution < -0.4 is 10.5 Å². The maximum absolute atomic E-state index is 6.19. The van der Waals surface area contributed by atoms with Crippen LogP contribution in [-0.4, -0.2) is 7.11 Å². The molecule has 1 rings (SSSR count). The van der Waals surface area contributed by atoms with Gasteiger partial charge in [0.1, 0.15) is 5.75 Å². The average Bonchev–Trinajstić information content (AvgIpc) is 2.27. The van der Waals surface area contributed by atoms with E-state index < -0.39 is 0 Å². The first-order valence-corrected chi connectivity index (χ1v) is 5.98. The average molecular weight is 309 g/mol. The molecule has 1 unspecified atom stereocenters. The Hall–Kier alpha value is -0.250. The molecular formula is C12H19BrClNO. The van der Waals surface area contributed by atoms with Gasteiger partial charge in [-0.15, -0.1) is 12.4 Å². The van der Waals surface area contributed by atoms with E-state index in [1.807, 2.05) is 18.2 Å². The zero-order valence-electron chi connectivity index (χ0n) is 9.87. The molecule has 92 valence electrons. The Balaban J connectivity index is 0.00000225. The van der Waals surface area contributed by atoms with Crippen molar-refractivity contribution in [1.82, 2.24) is 0 Å². The van der Waals surface area contributed by atoms with Crippen molar-refractivity contribution in [2.45, 2.75) is 26.3 Å². The van der Waals surface area contributed by atoms with E-state index in [1.54, 1.807) is 7.11 Å². The van der Waals surface area contributed by atoms with Gasteiger partial charge in [0, 0.05) is 10.5 Å². The van der Waals surface area contributed by atoms with Gasteiger partial charge in [0.15, 0.2) is 0 Å². The van der Waals surface area contributed by atoms with Gasteiger partial charge in [-0.1, -0.05) is 36.2 Å². The molecule has 0 spiro atoms. The molecule has 0 radical (unpaired) electrons. The van der Waals surface area contributed by atoms with Crippen LogP contribution in [0, 0.1) is 5.92 Å². The number of rotatable bonds is 4. The standard InChI is InChI=1S/C12H18BrNO.ClH/c1-4-8(2)12(14)10-7-9(15-3)5-6-11(10)13;/h5-8,12H,4,14H2,1-3H3;1H/t8?,12-;/m0./s1. The van der Waals surface area contributed by atoms with Crippen LogP contribution in [0.4, 0.5) is 0 Å². The molecule has 0 saturated carbocycles. The first-order valence-electron chi connectivity index (χ1n) is 5.19. The summed E-state index contributed by atoms with van der Waals surface area (Å²) in [5, 5.41) is 0. The molecule has 16 heavy (non-hydrogen) atoms. The van der Waals surface area contributed by atoms with Crippen molar-refractivity contribution in [2.75, 3.05) is 7.11 Å². The topological polar surface area (TPSA) is 35.2 Å². The molecular weight excluding hydrogens is 289 g/mol. The van der Waals surface area contributed by atoms with Gasteiger partial charge in [0.2, 0.25) is 0 Å². The molecule has 0 aliphatic heterocycles. The highest BCUT2D eigenvalue weighted by Gasteiger charge is 2.16. The normalized spacial score (nSPS) is 13.8. The second-order valence-corrected chi connectivity index (χ2v) is 4.65. The fraction of sp³-hybridized carbons (Fsp3) is 0.500. The lowest BCUT2D eigenvalue weighted by Crippen LogP contribution is -2.19. The molecule has 1 aromatic carbocycles. The molecule has 2 nitrogen and oxygen atoms in total. The van der Waals surface area contributed by atoms with E-state index in [1.165, 1.54) is 0 Å². The van der Waals surface area contributed by atoms with E-state index in [9.17, 15) is 0 Å². The maximum Gasteiger partial charge on any atom is 0.119 e. The van der Waals surface area contributed by atoms with E-state index in [4.69, 9.17) is 10.5 Å². The summed E-state index contributed by atoms with van der Waals surface area (Å²) in [7, 11) is 1.67. The molecule has 2 N–H and O–H groups in total. The van der Waals surface area contributed by atoms with E-state index in [2.05, 4.69) is 29.8 Å². The third-order valence-corrected chi connectivity index (χ3v) is 3.54. The Labute approximate surface area is 112 Å². The summed E-state index contributed by atoms with van der Waals surface area (Å²) in [5.74, 6) is 1.32. The van der Waals surface area contributed by atoms with Crippen LogP contribution in [0.2, 0.25) is 0 Å². The smallest absolute Gasteiger partial charge is 0.119 e. The van der Waals surface area contributed by atoms with Crippen LogP contribution in [-0.2, 0) is 0 Å². The molecule has 0 aromatic heterocycles. The van der Waals surface area contributed by atoms with Crippen LogP contribution in [0.15, 0.2) is 22.7 Å². The lowest BCUT2D eigenvalue weighted by Gasteiger charge is -2.20. The summed E-state index contributed by atoms with van der Waals surface area (Å²) in [6.45, 7) is 4.31. The quantitative estimate of drug-likeness (QED) is 0.915. The van der Waals surface area contributed by atoms with Gasteiger partial charge >= 0.3 is 0 Å². The SMILES string of the molecule is CCC(C)[C@H](N)c1cc(OC)ccc1Br.Cl. The number of halogens is 2. The molecule has 0 heterocycles. The van der Waals surface area contributed by atoms with Gasteiger partial charge in [0.05, 0.1) is 7.11 Å². The van der Waals surface area contributed by atoms with Crippen molar-refractivity contribution in [3.05, 3.63) is 28.2 Å². The summed E-state index contributed by atoms with van der Waals surface area (Å²) < 4.78 is 6.25. The van der Waals surface area contributed by atoms with Gasteiger partial charge in [-0.2, -0.15) is 0 Å². The zero-order valence-corrected chi connectivity index (χ0v) is 12.3. The van der Waals surface area contributed by atoms with Gasteiger partial charge in [-0.3, -0.25) is 0 Å². The highest BCUT2D eigenvalue weighted by Crippen LogP contribution is 2.31. The van der Waals surface area contributed by atoms with Crippen LogP contribution in [0.5, 0.6) is 5.75 Å². The first kappa shape index (κ1) is 15.8. The van der Waals surface area contributed by atoms with Gasteiger partial charge in [-0.05, 0) is 29.7 Å². The first-order chi connectivity index (χ1) is 7.10. The predicted octanol–water partition coefficient (Wildman–Crippen LogP) is 3.93. The minimum Gasteiger partial charge on any atom is -0.497 e. The van der Waals surface area contributed by atoms with Gasteiger partial charge in [0.25, 0.3) is 0 Å². The lowest BCUT2D eigenvalue weighted by atomic mass is 9.93. The molecule has 0 aliphatic rings. The Morgan fingerprint density at radius 2 is 2.06 bits per heavy atom. The molecule has 0 amide bonds. The molecule has 0 fully saturated rings.